The molecule has 0 saturated carbocycles. The maximum absolute atomic E-state index is 9.77. The number of nitrogens with one attached hydrogen (secondary N) is 1. The topological polar surface area (TPSA) is 32.3 Å². The summed E-state index contributed by atoms with van der Waals surface area (Å²) in [6, 6.07) is 10.4. The maximum Gasteiger partial charge on any atom is 0.0696 e. The number of β-amino-alcohol motifs (C(OH)–C–C–N with tert-alkyl or cyclic N) is 1. The summed E-state index contributed by atoms with van der Waals surface area (Å²) in [6.45, 7) is 1.78. The van der Waals surface area contributed by atoms with Crippen molar-refractivity contribution in [3.05, 3.63) is 35.9 Å². The standard InChI is InChI=1S/C12H17NO/c14-12-9-13-7-6-11(12)8-10-4-2-1-3-5-10/h1-5,11-14H,6-9H2/t11-,12+/m0/s1. The molecular formula is C12H17NO. The molecule has 0 radical (unpaired) electrons. The molecule has 1 fully saturated rings. The van der Waals surface area contributed by atoms with Crippen LogP contribution in [0.15, 0.2) is 30.3 Å². The first-order valence-corrected chi connectivity index (χ1v) is 5.29. The van der Waals surface area contributed by atoms with Crippen LogP contribution in [0.25, 0.3) is 0 Å². The van der Waals surface area contributed by atoms with Crippen LogP contribution in [0, 0.1) is 5.92 Å². The fourth-order valence-electron chi connectivity index (χ4n) is 2.05. The highest BCUT2D eigenvalue weighted by Gasteiger charge is 2.22. The lowest BCUT2D eigenvalue weighted by atomic mass is 9.89. The lowest BCUT2D eigenvalue weighted by molar-refractivity contribution is 0.0820. The fourth-order valence-corrected chi connectivity index (χ4v) is 2.05. The van der Waals surface area contributed by atoms with E-state index in [2.05, 4.69) is 29.6 Å². The highest BCUT2D eigenvalue weighted by atomic mass is 16.3. The minimum absolute atomic E-state index is 0.177. The number of hydrogen-bond acceptors (Lipinski definition) is 2. The van der Waals surface area contributed by atoms with Crippen LogP contribution in [0.2, 0.25) is 0 Å². The van der Waals surface area contributed by atoms with E-state index in [0.717, 1.165) is 25.9 Å². The van der Waals surface area contributed by atoms with Crippen molar-refractivity contribution in [2.45, 2.75) is 18.9 Å². The smallest absolute Gasteiger partial charge is 0.0696 e. The Kier molecular flexibility index (Phi) is 3.17. The van der Waals surface area contributed by atoms with Gasteiger partial charge in [-0.15, -0.1) is 0 Å². The molecule has 1 aromatic rings. The van der Waals surface area contributed by atoms with E-state index in [1.165, 1.54) is 5.56 Å². The molecule has 1 heterocycles. The number of aliphatic hydroxyl groups is 1. The number of hydrogen-bond donors (Lipinski definition) is 2. The molecule has 0 amide bonds. The second-order valence-electron chi connectivity index (χ2n) is 4.01. The Labute approximate surface area is 85.0 Å². The summed E-state index contributed by atoms with van der Waals surface area (Å²) in [6.07, 6.45) is 1.91. The van der Waals surface area contributed by atoms with Crippen molar-refractivity contribution in [2.75, 3.05) is 13.1 Å². The van der Waals surface area contributed by atoms with Gasteiger partial charge in [0.05, 0.1) is 6.10 Å². The molecule has 1 aliphatic heterocycles. The quantitative estimate of drug-likeness (QED) is 0.736. The van der Waals surface area contributed by atoms with Gasteiger partial charge in [-0.2, -0.15) is 0 Å². The van der Waals surface area contributed by atoms with E-state index in [1.54, 1.807) is 0 Å². The Balaban J connectivity index is 1.96. The average molecular weight is 191 g/mol. The maximum atomic E-state index is 9.77. The molecule has 1 saturated heterocycles. The third-order valence-corrected chi connectivity index (χ3v) is 2.93. The van der Waals surface area contributed by atoms with Crippen molar-refractivity contribution in [1.82, 2.24) is 5.32 Å². The monoisotopic (exact) mass is 191 g/mol. The Morgan fingerprint density at radius 3 is 2.79 bits per heavy atom. The first-order valence-electron chi connectivity index (χ1n) is 5.29. The lowest BCUT2D eigenvalue weighted by Gasteiger charge is -2.28. The van der Waals surface area contributed by atoms with Crippen LogP contribution in [0.4, 0.5) is 0 Å². The largest absolute Gasteiger partial charge is 0.392 e. The lowest BCUT2D eigenvalue weighted by Crippen LogP contribution is -2.41. The van der Waals surface area contributed by atoms with Gasteiger partial charge in [-0.3, -0.25) is 0 Å². The molecule has 1 aromatic carbocycles. The predicted octanol–water partition coefficient (Wildman–Crippen LogP) is 1.20. The van der Waals surface area contributed by atoms with Crippen LogP contribution < -0.4 is 5.32 Å². The summed E-state index contributed by atoms with van der Waals surface area (Å²) >= 11 is 0. The Morgan fingerprint density at radius 1 is 1.29 bits per heavy atom. The van der Waals surface area contributed by atoms with Gasteiger partial charge in [0.15, 0.2) is 0 Å². The van der Waals surface area contributed by atoms with Crippen molar-refractivity contribution in [2.24, 2.45) is 5.92 Å². The minimum Gasteiger partial charge on any atom is -0.392 e. The van der Waals surface area contributed by atoms with E-state index in [1.807, 2.05) is 6.07 Å². The van der Waals surface area contributed by atoms with E-state index < -0.39 is 0 Å². The molecule has 2 nitrogen and oxygen atoms in total. The molecule has 0 bridgehead atoms. The molecule has 1 aliphatic rings. The minimum atomic E-state index is -0.177. The molecule has 14 heavy (non-hydrogen) atoms. The van der Waals surface area contributed by atoms with Crippen molar-refractivity contribution >= 4 is 0 Å². The second kappa shape index (κ2) is 4.58. The first-order chi connectivity index (χ1) is 6.86. The van der Waals surface area contributed by atoms with Crippen LogP contribution in [0.3, 0.4) is 0 Å². The molecule has 2 atom stereocenters. The number of rotatable bonds is 2. The van der Waals surface area contributed by atoms with Crippen LogP contribution in [-0.2, 0) is 6.42 Å². The summed E-state index contributed by atoms with van der Waals surface area (Å²) in [5.41, 5.74) is 1.33. The highest BCUT2D eigenvalue weighted by molar-refractivity contribution is 5.15. The molecule has 2 rings (SSSR count). The second-order valence-corrected chi connectivity index (χ2v) is 4.01. The van der Waals surface area contributed by atoms with E-state index in [-0.39, 0.29) is 6.10 Å². The van der Waals surface area contributed by atoms with E-state index in [9.17, 15) is 5.11 Å². The van der Waals surface area contributed by atoms with Gasteiger partial charge in [-0.25, -0.2) is 0 Å². The van der Waals surface area contributed by atoms with Gasteiger partial charge in [0.2, 0.25) is 0 Å². The fraction of sp³-hybridized carbons (Fsp3) is 0.500. The Bertz CT molecular complexity index is 273. The van der Waals surface area contributed by atoms with Crippen LogP contribution in [0.1, 0.15) is 12.0 Å². The molecule has 2 heteroatoms. The molecular weight excluding hydrogens is 174 g/mol. The molecule has 0 aliphatic carbocycles. The van der Waals surface area contributed by atoms with Crippen molar-refractivity contribution in [3.8, 4) is 0 Å². The number of benzene rings is 1. The molecule has 2 N–H and O–H groups in total. The Morgan fingerprint density at radius 2 is 2.07 bits per heavy atom. The van der Waals surface area contributed by atoms with Crippen molar-refractivity contribution in [1.29, 1.82) is 0 Å². The van der Waals surface area contributed by atoms with Gasteiger partial charge in [-0.1, -0.05) is 30.3 Å². The van der Waals surface area contributed by atoms with Gasteiger partial charge in [0.1, 0.15) is 0 Å². The van der Waals surface area contributed by atoms with Crippen LogP contribution in [0.5, 0.6) is 0 Å². The zero-order valence-electron chi connectivity index (χ0n) is 8.32. The molecule has 0 aromatic heterocycles. The van der Waals surface area contributed by atoms with Crippen molar-refractivity contribution in [3.63, 3.8) is 0 Å². The summed E-state index contributed by atoms with van der Waals surface area (Å²) in [5, 5.41) is 13.0. The summed E-state index contributed by atoms with van der Waals surface area (Å²) < 4.78 is 0. The Hall–Kier alpha value is -0.860. The first kappa shape index (κ1) is 9.69. The van der Waals surface area contributed by atoms with Gasteiger partial charge in [-0.05, 0) is 30.9 Å². The summed E-state index contributed by atoms with van der Waals surface area (Å²) in [5.74, 6) is 0.429. The third-order valence-electron chi connectivity index (χ3n) is 2.93. The molecule has 76 valence electrons. The van der Waals surface area contributed by atoms with Crippen LogP contribution >= 0.6 is 0 Å². The zero-order valence-corrected chi connectivity index (χ0v) is 8.32. The number of piperidine rings is 1. The third kappa shape index (κ3) is 2.34. The van der Waals surface area contributed by atoms with Gasteiger partial charge < -0.3 is 10.4 Å². The van der Waals surface area contributed by atoms with Crippen LogP contribution in [-0.4, -0.2) is 24.3 Å². The number of aliphatic hydroxyl groups excluding tert-OH is 1. The van der Waals surface area contributed by atoms with E-state index in [4.69, 9.17) is 0 Å². The van der Waals surface area contributed by atoms with E-state index in [0.29, 0.717) is 5.92 Å². The summed E-state index contributed by atoms with van der Waals surface area (Å²) in [4.78, 5) is 0. The zero-order chi connectivity index (χ0) is 9.80. The average Bonchev–Trinajstić information content (AvgIpc) is 2.23. The summed E-state index contributed by atoms with van der Waals surface area (Å²) in [7, 11) is 0. The molecule has 0 spiro atoms. The van der Waals surface area contributed by atoms with Gasteiger partial charge in [0, 0.05) is 6.54 Å². The van der Waals surface area contributed by atoms with Gasteiger partial charge in [0.25, 0.3) is 0 Å². The SMILES string of the molecule is O[C@@H]1CNCC[C@H]1Cc1ccccc1. The van der Waals surface area contributed by atoms with E-state index >= 15 is 0 Å². The van der Waals surface area contributed by atoms with Gasteiger partial charge >= 0.3 is 0 Å². The van der Waals surface area contributed by atoms with Crippen molar-refractivity contribution < 1.29 is 5.11 Å². The molecule has 0 unspecified atom stereocenters. The normalized spacial score (nSPS) is 27.5. The predicted molar refractivity (Wildman–Crippen MR) is 57.1 cm³/mol. The highest BCUT2D eigenvalue weighted by Crippen LogP contribution is 2.18.